The molecule has 486 valence electrons. The third-order valence-corrected chi connectivity index (χ3v) is 16.3. The Hall–Kier alpha value is -1.94. The molecule has 0 aliphatic heterocycles. The highest BCUT2D eigenvalue weighted by Crippen LogP contribution is 2.45. The van der Waals surface area contributed by atoms with Crippen molar-refractivity contribution in [2.45, 2.75) is 324 Å². The molecule has 0 saturated carbocycles. The van der Waals surface area contributed by atoms with Crippen molar-refractivity contribution in [3.05, 3.63) is 0 Å². The van der Waals surface area contributed by atoms with E-state index in [-0.39, 0.29) is 25.7 Å². The highest BCUT2D eigenvalue weighted by Gasteiger charge is 2.30. The Morgan fingerprint density at radius 3 is 0.829 bits per heavy atom. The number of carbonyl (C=O) groups excluding carboxylic acids is 4. The molecule has 0 aromatic carbocycles. The maximum Gasteiger partial charge on any atom is 0.472 e. The second-order valence-corrected chi connectivity index (χ2v) is 27.1. The zero-order valence-electron chi connectivity index (χ0n) is 52.9. The van der Waals surface area contributed by atoms with Crippen molar-refractivity contribution in [2.24, 2.45) is 17.8 Å². The van der Waals surface area contributed by atoms with Crippen LogP contribution < -0.4 is 0 Å². The summed E-state index contributed by atoms with van der Waals surface area (Å²) >= 11 is 0. The Kier molecular flexibility index (Phi) is 53.2. The zero-order valence-corrected chi connectivity index (χ0v) is 54.7. The molecule has 0 heterocycles. The first-order valence-corrected chi connectivity index (χ1v) is 35.8. The molecule has 0 radical (unpaired) electrons. The molecule has 3 N–H and O–H groups in total. The van der Waals surface area contributed by atoms with Crippen LogP contribution in [-0.2, 0) is 65.4 Å². The van der Waals surface area contributed by atoms with Gasteiger partial charge in [0.1, 0.15) is 19.3 Å². The molecule has 17 nitrogen and oxygen atoms in total. The van der Waals surface area contributed by atoms with Crippen LogP contribution in [0.15, 0.2) is 0 Å². The van der Waals surface area contributed by atoms with Gasteiger partial charge in [-0.25, -0.2) is 9.13 Å². The van der Waals surface area contributed by atoms with Crippen molar-refractivity contribution < 1.29 is 80.2 Å². The molecule has 0 spiro atoms. The van der Waals surface area contributed by atoms with Gasteiger partial charge < -0.3 is 33.8 Å². The number of rotatable bonds is 61. The summed E-state index contributed by atoms with van der Waals surface area (Å²) in [5.74, 6) is -0.0290. The van der Waals surface area contributed by atoms with Crippen molar-refractivity contribution in [2.75, 3.05) is 39.6 Å². The van der Waals surface area contributed by atoms with Gasteiger partial charge >= 0.3 is 39.5 Å². The van der Waals surface area contributed by atoms with E-state index in [1.54, 1.807) is 0 Å². The molecule has 0 aromatic rings. The van der Waals surface area contributed by atoms with Crippen molar-refractivity contribution in [3.8, 4) is 0 Å². The first kappa shape index (κ1) is 80.1. The van der Waals surface area contributed by atoms with Gasteiger partial charge in [0, 0.05) is 25.7 Å². The van der Waals surface area contributed by atoms with Crippen LogP contribution in [0, 0.1) is 17.8 Å². The highest BCUT2D eigenvalue weighted by atomic mass is 31.2. The second-order valence-electron chi connectivity index (χ2n) is 24.2. The van der Waals surface area contributed by atoms with Gasteiger partial charge in [-0.05, 0) is 43.4 Å². The number of carbonyl (C=O) groups is 4. The second kappa shape index (κ2) is 54.5. The van der Waals surface area contributed by atoms with Crippen LogP contribution >= 0.6 is 15.6 Å². The number of hydrogen-bond donors (Lipinski definition) is 3. The van der Waals surface area contributed by atoms with Crippen LogP contribution in [0.2, 0.25) is 0 Å². The summed E-state index contributed by atoms with van der Waals surface area (Å²) in [6.45, 7) is 11.6. The molecule has 5 atom stereocenters. The van der Waals surface area contributed by atoms with Gasteiger partial charge in [-0.15, -0.1) is 0 Å². The summed E-state index contributed by atoms with van der Waals surface area (Å²) in [5.41, 5.74) is 0. The maximum absolute atomic E-state index is 13.0. The summed E-state index contributed by atoms with van der Waals surface area (Å²) < 4.78 is 67.9. The van der Waals surface area contributed by atoms with E-state index in [1.807, 2.05) is 0 Å². The number of phosphoric ester groups is 2. The summed E-state index contributed by atoms with van der Waals surface area (Å²) in [4.78, 5) is 72.1. The van der Waals surface area contributed by atoms with E-state index >= 15 is 0 Å². The fraction of sp³-hybridized carbons (Fsp3) is 0.937. The third kappa shape index (κ3) is 57.2. The summed E-state index contributed by atoms with van der Waals surface area (Å²) in [5, 5.41) is 10.5. The van der Waals surface area contributed by atoms with Gasteiger partial charge in [0.2, 0.25) is 0 Å². The Morgan fingerprint density at radius 1 is 0.329 bits per heavy atom. The fourth-order valence-electron chi connectivity index (χ4n) is 9.30. The first-order chi connectivity index (χ1) is 39.2. The van der Waals surface area contributed by atoms with E-state index in [4.69, 9.17) is 37.0 Å². The lowest BCUT2D eigenvalue weighted by Crippen LogP contribution is -2.30. The average Bonchev–Trinajstić information content (AvgIpc) is 3.44. The molecule has 0 aromatic heterocycles. The van der Waals surface area contributed by atoms with Gasteiger partial charge in [-0.1, -0.05) is 254 Å². The minimum Gasteiger partial charge on any atom is -0.462 e. The van der Waals surface area contributed by atoms with Crippen LogP contribution in [0.25, 0.3) is 0 Å². The highest BCUT2D eigenvalue weighted by molar-refractivity contribution is 7.47. The van der Waals surface area contributed by atoms with E-state index in [9.17, 15) is 43.2 Å². The molecule has 0 rings (SSSR count). The third-order valence-electron chi connectivity index (χ3n) is 14.4. The predicted octanol–water partition coefficient (Wildman–Crippen LogP) is 17.1. The van der Waals surface area contributed by atoms with Gasteiger partial charge in [0.25, 0.3) is 0 Å². The number of hydrogen-bond acceptors (Lipinski definition) is 15. The Labute approximate surface area is 498 Å². The predicted molar refractivity (Wildman–Crippen MR) is 326 cm³/mol. The van der Waals surface area contributed by atoms with Crippen molar-refractivity contribution in [3.63, 3.8) is 0 Å². The number of aliphatic hydroxyl groups excluding tert-OH is 1. The fourth-order valence-corrected chi connectivity index (χ4v) is 10.9. The zero-order chi connectivity index (χ0) is 61.0. The van der Waals surface area contributed by atoms with Gasteiger partial charge in [-0.2, -0.15) is 0 Å². The average molecular weight is 1210 g/mol. The smallest absolute Gasteiger partial charge is 0.462 e. The number of unbranched alkanes of at least 4 members (excludes halogenated alkanes) is 29. The number of aliphatic hydroxyl groups is 1. The molecule has 0 amide bonds. The summed E-state index contributed by atoms with van der Waals surface area (Å²) in [6.07, 6.45) is 35.0. The Bertz CT molecular complexity index is 1630. The van der Waals surface area contributed by atoms with Gasteiger partial charge in [0.05, 0.1) is 26.4 Å². The van der Waals surface area contributed by atoms with Crippen LogP contribution in [0.4, 0.5) is 0 Å². The number of esters is 4. The molecular weight excluding hydrogens is 1090 g/mol. The van der Waals surface area contributed by atoms with Crippen LogP contribution in [0.5, 0.6) is 0 Å². The maximum atomic E-state index is 13.0. The monoisotopic (exact) mass is 1210 g/mol. The van der Waals surface area contributed by atoms with Crippen LogP contribution in [0.3, 0.4) is 0 Å². The van der Waals surface area contributed by atoms with Crippen LogP contribution in [0.1, 0.15) is 305 Å². The molecule has 2 unspecified atom stereocenters. The minimum absolute atomic E-state index is 0.102. The van der Waals surface area contributed by atoms with E-state index in [1.165, 1.54) is 109 Å². The quantitative estimate of drug-likeness (QED) is 0.0222. The molecule has 0 aliphatic carbocycles. The standard InChI is InChI=1S/C63H122O17P2/c1-8-9-10-11-12-13-14-17-22-30-37-44-60(65)73-50-58(79-62(67)46-39-32-23-18-15-16-20-27-34-41-54(2)3)52-77-81(69,70)75-48-57(64)49-76-82(71,72)78-53-59(51-74-61(66)45-38-31-26-25-29-36-43-56(6)7)80-63(68)47-40-33-24-19-21-28-35-42-55(4)5/h54-59,64H,8-53H2,1-7H3,(H,69,70)(H,71,72)/t57-,58-,59-/m1/s1. The first-order valence-electron chi connectivity index (χ1n) is 32.8. The van der Waals surface area contributed by atoms with E-state index in [0.717, 1.165) is 102 Å². The van der Waals surface area contributed by atoms with Crippen molar-refractivity contribution >= 4 is 39.5 Å². The SMILES string of the molecule is CCCCCCCCCCCCCC(=O)OC[C@H](COP(=O)(O)OC[C@@H](O)COP(=O)(O)OC[C@@H](COC(=O)CCCCCCCCC(C)C)OC(=O)CCCCCCCCCC(C)C)OC(=O)CCCCCCCCCCCC(C)C. The molecule has 82 heavy (non-hydrogen) atoms. The van der Waals surface area contributed by atoms with E-state index < -0.39 is 97.5 Å². The van der Waals surface area contributed by atoms with Gasteiger partial charge in [0.15, 0.2) is 12.2 Å². The molecular formula is C63H122O17P2. The summed E-state index contributed by atoms with van der Waals surface area (Å²) in [7, 11) is -9.88. The normalized spacial score (nSPS) is 14.4. The Balaban J connectivity index is 5.25. The lowest BCUT2D eigenvalue weighted by atomic mass is 10.0. The topological polar surface area (TPSA) is 237 Å². The largest absolute Gasteiger partial charge is 0.472 e. The van der Waals surface area contributed by atoms with Crippen molar-refractivity contribution in [1.29, 1.82) is 0 Å². The van der Waals surface area contributed by atoms with E-state index in [2.05, 4.69) is 48.5 Å². The molecule has 0 fully saturated rings. The van der Waals surface area contributed by atoms with Gasteiger partial charge in [-0.3, -0.25) is 37.3 Å². The van der Waals surface area contributed by atoms with E-state index in [0.29, 0.717) is 37.5 Å². The minimum atomic E-state index is -4.94. The number of ether oxygens (including phenoxy) is 4. The van der Waals surface area contributed by atoms with Crippen LogP contribution in [-0.4, -0.2) is 96.7 Å². The lowest BCUT2D eigenvalue weighted by molar-refractivity contribution is -0.161. The Morgan fingerprint density at radius 2 is 0.561 bits per heavy atom. The molecule has 19 heteroatoms. The molecule has 0 bridgehead atoms. The summed E-state index contributed by atoms with van der Waals surface area (Å²) in [6, 6.07) is 0. The molecule has 0 aliphatic rings. The lowest BCUT2D eigenvalue weighted by Gasteiger charge is -2.21. The van der Waals surface area contributed by atoms with Crippen molar-refractivity contribution in [1.82, 2.24) is 0 Å². The number of phosphoric acid groups is 2. The molecule has 0 saturated heterocycles.